The van der Waals surface area contributed by atoms with Crippen molar-refractivity contribution in [2.45, 2.75) is 13.3 Å². The molecule has 18 heavy (non-hydrogen) atoms. The van der Waals surface area contributed by atoms with Crippen LogP contribution in [0.2, 0.25) is 0 Å². The topological polar surface area (TPSA) is 38.7 Å². The third-order valence-electron chi connectivity index (χ3n) is 2.09. The highest BCUT2D eigenvalue weighted by molar-refractivity contribution is 5.46. The van der Waals surface area contributed by atoms with Gasteiger partial charge < -0.3 is 14.6 Å². The van der Waals surface area contributed by atoms with E-state index in [0.29, 0.717) is 37.6 Å². The first-order valence-electron chi connectivity index (χ1n) is 5.87. The van der Waals surface area contributed by atoms with Gasteiger partial charge in [0.05, 0.1) is 18.8 Å². The van der Waals surface area contributed by atoms with Crippen LogP contribution in [0.3, 0.4) is 0 Å². The summed E-state index contributed by atoms with van der Waals surface area (Å²) in [4.78, 5) is 0. The quantitative estimate of drug-likeness (QED) is 0.621. The summed E-state index contributed by atoms with van der Waals surface area (Å²) in [6, 6.07) is 4.19. The molecule has 0 heterocycles. The van der Waals surface area contributed by atoms with Crippen LogP contribution in [-0.2, 0) is 4.74 Å². The molecule has 0 saturated heterocycles. The smallest absolute Gasteiger partial charge is 0.135 e. The van der Waals surface area contributed by atoms with Crippen molar-refractivity contribution < 1.29 is 19.0 Å². The van der Waals surface area contributed by atoms with Gasteiger partial charge in [-0.25, -0.2) is 4.39 Å². The molecule has 98 valence electrons. The van der Waals surface area contributed by atoms with Crippen molar-refractivity contribution in [3.8, 4) is 17.6 Å². The predicted molar refractivity (Wildman–Crippen MR) is 67.0 cm³/mol. The summed E-state index contributed by atoms with van der Waals surface area (Å²) in [5, 5.41) is 8.64. The lowest BCUT2D eigenvalue weighted by atomic mass is 10.2. The summed E-state index contributed by atoms with van der Waals surface area (Å²) < 4.78 is 23.7. The maximum absolute atomic E-state index is 13.1. The van der Waals surface area contributed by atoms with Gasteiger partial charge in [0, 0.05) is 13.0 Å². The van der Waals surface area contributed by atoms with Crippen LogP contribution in [0.4, 0.5) is 4.39 Å². The highest BCUT2D eigenvalue weighted by Crippen LogP contribution is 2.18. The van der Waals surface area contributed by atoms with Crippen LogP contribution in [0.25, 0.3) is 0 Å². The number of hydrogen-bond acceptors (Lipinski definition) is 3. The molecule has 3 nitrogen and oxygen atoms in total. The zero-order valence-electron chi connectivity index (χ0n) is 10.4. The van der Waals surface area contributed by atoms with Crippen LogP contribution < -0.4 is 4.74 Å². The van der Waals surface area contributed by atoms with E-state index >= 15 is 0 Å². The molecule has 0 radical (unpaired) electrons. The van der Waals surface area contributed by atoms with Crippen LogP contribution in [0.15, 0.2) is 18.2 Å². The van der Waals surface area contributed by atoms with Gasteiger partial charge in [-0.2, -0.15) is 0 Å². The Balaban J connectivity index is 2.68. The SMILES string of the molecule is CCOCCOc1ccc(F)cc1C#CCCO. The molecule has 0 aliphatic heterocycles. The monoisotopic (exact) mass is 252 g/mol. The molecular formula is C14H17FO3. The lowest BCUT2D eigenvalue weighted by molar-refractivity contribution is 0.110. The standard InChI is InChI=1S/C14H17FO3/c1-2-17-9-10-18-14-7-6-13(15)11-12(14)5-3-4-8-16/h6-7,11,16H,2,4,8-10H2,1H3. The summed E-state index contributed by atoms with van der Waals surface area (Å²) >= 11 is 0. The number of aliphatic hydroxyl groups is 1. The molecule has 0 aliphatic carbocycles. The van der Waals surface area contributed by atoms with E-state index in [2.05, 4.69) is 11.8 Å². The average molecular weight is 252 g/mol. The maximum atomic E-state index is 13.1. The Morgan fingerprint density at radius 3 is 2.89 bits per heavy atom. The molecule has 1 N–H and O–H groups in total. The first-order chi connectivity index (χ1) is 8.77. The summed E-state index contributed by atoms with van der Waals surface area (Å²) in [6.07, 6.45) is 0.356. The highest BCUT2D eigenvalue weighted by atomic mass is 19.1. The van der Waals surface area contributed by atoms with Crippen molar-refractivity contribution in [1.82, 2.24) is 0 Å². The van der Waals surface area contributed by atoms with Crippen molar-refractivity contribution in [3.05, 3.63) is 29.6 Å². The summed E-state index contributed by atoms with van der Waals surface area (Å²) in [7, 11) is 0. The number of ether oxygens (including phenoxy) is 2. The minimum absolute atomic E-state index is 0.0111. The Bertz CT molecular complexity index is 421. The van der Waals surface area contributed by atoms with Crippen LogP contribution in [0.5, 0.6) is 5.75 Å². The van der Waals surface area contributed by atoms with Gasteiger partial charge >= 0.3 is 0 Å². The Labute approximate surface area is 107 Å². The van der Waals surface area contributed by atoms with E-state index in [1.807, 2.05) is 6.92 Å². The second-order valence-corrected chi connectivity index (χ2v) is 3.46. The van der Waals surface area contributed by atoms with Crippen LogP contribution >= 0.6 is 0 Å². The van der Waals surface area contributed by atoms with Gasteiger partial charge in [0.2, 0.25) is 0 Å². The number of halogens is 1. The third kappa shape index (κ3) is 5.17. The van der Waals surface area contributed by atoms with Gasteiger partial charge in [-0.3, -0.25) is 0 Å². The molecule has 1 aromatic rings. The third-order valence-corrected chi connectivity index (χ3v) is 2.09. The number of benzene rings is 1. The van der Waals surface area contributed by atoms with E-state index < -0.39 is 0 Å². The minimum atomic E-state index is -0.361. The molecule has 0 bridgehead atoms. The summed E-state index contributed by atoms with van der Waals surface area (Å²) in [5.41, 5.74) is 0.486. The van der Waals surface area contributed by atoms with Gasteiger partial charge in [0.25, 0.3) is 0 Å². The van der Waals surface area contributed by atoms with Crippen molar-refractivity contribution in [1.29, 1.82) is 0 Å². The van der Waals surface area contributed by atoms with E-state index in [9.17, 15) is 4.39 Å². The number of rotatable bonds is 6. The minimum Gasteiger partial charge on any atom is -0.490 e. The largest absolute Gasteiger partial charge is 0.490 e. The van der Waals surface area contributed by atoms with E-state index in [4.69, 9.17) is 14.6 Å². The average Bonchev–Trinajstić information content (AvgIpc) is 2.37. The fourth-order valence-electron chi connectivity index (χ4n) is 1.29. The van der Waals surface area contributed by atoms with Crippen LogP contribution in [0, 0.1) is 17.7 Å². The summed E-state index contributed by atoms with van der Waals surface area (Å²) in [5.74, 6) is 5.69. The molecule has 0 atom stereocenters. The molecule has 0 saturated carbocycles. The number of hydrogen-bond donors (Lipinski definition) is 1. The van der Waals surface area contributed by atoms with E-state index in [1.54, 1.807) is 6.07 Å². The van der Waals surface area contributed by atoms with E-state index in [1.165, 1.54) is 12.1 Å². The van der Waals surface area contributed by atoms with Gasteiger partial charge in [-0.1, -0.05) is 11.8 Å². The van der Waals surface area contributed by atoms with Crippen molar-refractivity contribution >= 4 is 0 Å². The molecular weight excluding hydrogens is 235 g/mol. The molecule has 0 aliphatic rings. The fraction of sp³-hybridized carbons (Fsp3) is 0.429. The predicted octanol–water partition coefficient (Wildman–Crippen LogP) is 1.97. The molecule has 0 unspecified atom stereocenters. The Morgan fingerprint density at radius 1 is 1.33 bits per heavy atom. The molecule has 0 fully saturated rings. The lowest BCUT2D eigenvalue weighted by Crippen LogP contribution is -2.07. The lowest BCUT2D eigenvalue weighted by Gasteiger charge is -2.08. The van der Waals surface area contributed by atoms with Gasteiger partial charge in [-0.05, 0) is 25.1 Å². The van der Waals surface area contributed by atoms with E-state index in [0.717, 1.165) is 0 Å². The Kier molecular flexibility index (Phi) is 6.85. The molecule has 4 heteroatoms. The fourth-order valence-corrected chi connectivity index (χ4v) is 1.29. The molecule has 0 spiro atoms. The normalized spacial score (nSPS) is 9.72. The maximum Gasteiger partial charge on any atom is 0.135 e. The zero-order valence-corrected chi connectivity index (χ0v) is 10.4. The second-order valence-electron chi connectivity index (χ2n) is 3.46. The Hall–Kier alpha value is -1.57. The molecule has 1 aromatic carbocycles. The van der Waals surface area contributed by atoms with Crippen molar-refractivity contribution in [2.24, 2.45) is 0 Å². The molecule has 1 rings (SSSR count). The van der Waals surface area contributed by atoms with Gasteiger partial charge in [0.15, 0.2) is 0 Å². The zero-order chi connectivity index (χ0) is 13.2. The number of aliphatic hydroxyl groups excluding tert-OH is 1. The second kappa shape index (κ2) is 8.51. The van der Waals surface area contributed by atoms with E-state index in [-0.39, 0.29) is 12.4 Å². The van der Waals surface area contributed by atoms with Crippen molar-refractivity contribution in [3.63, 3.8) is 0 Å². The van der Waals surface area contributed by atoms with Crippen LogP contribution in [0.1, 0.15) is 18.9 Å². The van der Waals surface area contributed by atoms with Crippen molar-refractivity contribution in [2.75, 3.05) is 26.4 Å². The van der Waals surface area contributed by atoms with Gasteiger partial charge in [-0.15, -0.1) is 0 Å². The first kappa shape index (κ1) is 14.5. The molecule has 0 amide bonds. The van der Waals surface area contributed by atoms with Gasteiger partial charge in [0.1, 0.15) is 18.2 Å². The highest BCUT2D eigenvalue weighted by Gasteiger charge is 2.03. The first-order valence-corrected chi connectivity index (χ1v) is 5.87. The molecule has 0 aromatic heterocycles. The summed E-state index contributed by atoms with van der Waals surface area (Å²) in [6.45, 7) is 3.41. The Morgan fingerprint density at radius 2 is 2.17 bits per heavy atom. The van der Waals surface area contributed by atoms with Crippen LogP contribution in [-0.4, -0.2) is 31.5 Å².